The van der Waals surface area contributed by atoms with Gasteiger partial charge in [-0.3, -0.25) is 37.3 Å². The normalized spacial score (nSPS) is 14.7. The first-order valence-corrected chi connectivity index (χ1v) is 42.3. The van der Waals surface area contributed by atoms with Gasteiger partial charge in [0.2, 0.25) is 0 Å². The van der Waals surface area contributed by atoms with E-state index in [2.05, 4.69) is 55.4 Å². The Morgan fingerprint density at radius 2 is 0.505 bits per heavy atom. The van der Waals surface area contributed by atoms with Gasteiger partial charge < -0.3 is 33.8 Å². The summed E-state index contributed by atoms with van der Waals surface area (Å²) < 4.78 is 68.5. The van der Waals surface area contributed by atoms with E-state index in [1.54, 1.807) is 0 Å². The van der Waals surface area contributed by atoms with Gasteiger partial charge in [-0.25, -0.2) is 9.13 Å². The number of carbonyl (C=O) groups is 4. The fraction of sp³-hybridized carbons (Fsp3) is 0.947. The number of carbonyl (C=O) groups excluding carboxylic acids is 4. The molecule has 0 rings (SSSR count). The van der Waals surface area contributed by atoms with Crippen LogP contribution in [-0.4, -0.2) is 96.7 Å². The Morgan fingerprint density at radius 3 is 0.747 bits per heavy atom. The van der Waals surface area contributed by atoms with E-state index in [4.69, 9.17) is 37.0 Å². The third-order valence-electron chi connectivity index (χ3n) is 18.3. The van der Waals surface area contributed by atoms with Crippen molar-refractivity contribution in [3.63, 3.8) is 0 Å². The molecule has 5 unspecified atom stereocenters. The van der Waals surface area contributed by atoms with E-state index >= 15 is 0 Å². The van der Waals surface area contributed by atoms with Crippen molar-refractivity contribution in [3.8, 4) is 0 Å². The molecule has 0 saturated heterocycles. The van der Waals surface area contributed by atoms with Gasteiger partial charge in [0.15, 0.2) is 12.2 Å². The molecular formula is C76H148O17P2. The monoisotopic (exact) mass is 1400 g/mol. The highest BCUT2D eigenvalue weighted by Crippen LogP contribution is 2.45. The van der Waals surface area contributed by atoms with Crippen LogP contribution in [0.4, 0.5) is 0 Å². The van der Waals surface area contributed by atoms with Crippen LogP contribution >= 0.6 is 15.6 Å². The zero-order valence-corrected chi connectivity index (χ0v) is 64.1. The number of hydrogen-bond acceptors (Lipinski definition) is 15. The number of ether oxygens (including phenoxy) is 4. The summed E-state index contributed by atoms with van der Waals surface area (Å²) in [7, 11) is -9.91. The van der Waals surface area contributed by atoms with Gasteiger partial charge in [0.05, 0.1) is 26.4 Å². The summed E-state index contributed by atoms with van der Waals surface area (Å²) in [6.07, 6.45) is 49.9. The van der Waals surface area contributed by atoms with Gasteiger partial charge in [0, 0.05) is 25.7 Å². The van der Waals surface area contributed by atoms with Crippen LogP contribution in [-0.2, 0) is 65.4 Å². The van der Waals surface area contributed by atoms with Crippen LogP contribution < -0.4 is 0 Å². The number of aliphatic hydroxyl groups excluding tert-OH is 1. The van der Waals surface area contributed by atoms with Crippen molar-refractivity contribution < 1.29 is 80.2 Å². The van der Waals surface area contributed by atoms with E-state index in [1.165, 1.54) is 180 Å². The minimum Gasteiger partial charge on any atom is -0.462 e. The lowest BCUT2D eigenvalue weighted by atomic mass is 9.99. The number of hydrogen-bond donors (Lipinski definition) is 3. The largest absolute Gasteiger partial charge is 0.472 e. The summed E-state index contributed by atoms with van der Waals surface area (Å²) in [4.78, 5) is 72.8. The van der Waals surface area contributed by atoms with E-state index in [-0.39, 0.29) is 25.7 Å². The highest BCUT2D eigenvalue weighted by molar-refractivity contribution is 7.47. The second-order valence-corrected chi connectivity index (χ2v) is 31.7. The Hall–Kier alpha value is -1.94. The smallest absolute Gasteiger partial charge is 0.462 e. The van der Waals surface area contributed by atoms with E-state index < -0.39 is 97.5 Å². The standard InChI is InChI=1S/C76H148O17P2/c1-9-68(7)54-46-38-30-22-19-20-23-32-40-48-56-73(78)86-62-71(93-76(81)59-51-43-34-26-25-31-39-47-55-69(8)10-2)64-90-94(82,83)88-60-70(77)61-89-95(84,85)91-65-72(63-87-74(79)57-49-41-35-27-29-37-45-53-67(5)6)92-75(80)58-50-42-33-24-18-16-14-12-11-13-15-17-21-28-36-44-52-66(3)4/h66-72,77H,9-65H2,1-8H3,(H,82,83)(H,84,85)/t68?,69?,70?,71-,72-/m1/s1. The fourth-order valence-electron chi connectivity index (χ4n) is 11.5. The van der Waals surface area contributed by atoms with E-state index in [0.29, 0.717) is 31.6 Å². The topological polar surface area (TPSA) is 237 Å². The summed E-state index contributed by atoms with van der Waals surface area (Å²) in [6, 6.07) is 0. The first kappa shape index (κ1) is 93.1. The van der Waals surface area contributed by atoms with E-state index in [9.17, 15) is 43.2 Å². The number of unbranched alkanes of at least 4 members (excludes halogenated alkanes) is 37. The molecule has 7 atom stereocenters. The molecule has 0 aliphatic carbocycles. The van der Waals surface area contributed by atoms with Crippen molar-refractivity contribution in [2.24, 2.45) is 23.7 Å². The maximum absolute atomic E-state index is 13.1. The first-order chi connectivity index (χ1) is 45.7. The van der Waals surface area contributed by atoms with Crippen LogP contribution in [0.2, 0.25) is 0 Å². The Morgan fingerprint density at radius 1 is 0.295 bits per heavy atom. The molecule has 0 spiro atoms. The fourth-order valence-corrected chi connectivity index (χ4v) is 13.1. The quantitative estimate of drug-likeness (QED) is 0.0222. The molecular weight excluding hydrogens is 1250 g/mol. The van der Waals surface area contributed by atoms with Crippen molar-refractivity contribution in [2.45, 2.75) is 401 Å². The number of rotatable bonds is 73. The molecule has 17 nitrogen and oxygen atoms in total. The lowest BCUT2D eigenvalue weighted by Crippen LogP contribution is -2.30. The van der Waals surface area contributed by atoms with Gasteiger partial charge in [-0.2, -0.15) is 0 Å². The average Bonchev–Trinajstić information content (AvgIpc) is 1.47. The second-order valence-electron chi connectivity index (χ2n) is 28.8. The summed E-state index contributed by atoms with van der Waals surface area (Å²) >= 11 is 0. The second kappa shape index (κ2) is 65.4. The van der Waals surface area contributed by atoms with Crippen molar-refractivity contribution in [1.29, 1.82) is 0 Å². The molecule has 0 bridgehead atoms. The Balaban J connectivity index is 5.23. The zero-order valence-electron chi connectivity index (χ0n) is 62.3. The van der Waals surface area contributed by atoms with Crippen LogP contribution in [0, 0.1) is 23.7 Å². The predicted molar refractivity (Wildman–Crippen MR) is 386 cm³/mol. The molecule has 0 heterocycles. The van der Waals surface area contributed by atoms with Gasteiger partial charge in [0.1, 0.15) is 19.3 Å². The number of esters is 4. The van der Waals surface area contributed by atoms with Crippen LogP contribution in [0.1, 0.15) is 383 Å². The molecule has 0 aromatic rings. The minimum absolute atomic E-state index is 0.104. The SMILES string of the molecule is CCC(C)CCCCCCCCCCCCC(=O)OC[C@H](COP(=O)(O)OCC(O)COP(=O)(O)OC[C@@H](COC(=O)CCCCCCCCCC(C)C)OC(=O)CCCCCCCCCCCCCCCCCCC(C)C)OC(=O)CCCCCCCCCCC(C)CC. The third-order valence-corrected chi connectivity index (χ3v) is 20.2. The van der Waals surface area contributed by atoms with Crippen molar-refractivity contribution >= 4 is 39.5 Å². The van der Waals surface area contributed by atoms with Crippen molar-refractivity contribution in [1.82, 2.24) is 0 Å². The molecule has 0 aliphatic rings. The van der Waals surface area contributed by atoms with Crippen LogP contribution in [0.25, 0.3) is 0 Å². The first-order valence-electron chi connectivity index (χ1n) is 39.3. The summed E-state index contributed by atoms with van der Waals surface area (Å²) in [5.74, 6) is 0.970. The molecule has 0 amide bonds. The molecule has 0 aromatic carbocycles. The number of phosphoric acid groups is 2. The summed E-state index contributed by atoms with van der Waals surface area (Å²) in [6.45, 7) is 14.2. The summed E-state index contributed by atoms with van der Waals surface area (Å²) in [5.41, 5.74) is 0. The Labute approximate surface area is 581 Å². The maximum Gasteiger partial charge on any atom is 0.472 e. The molecule has 19 heteroatoms. The molecule has 0 aromatic heterocycles. The van der Waals surface area contributed by atoms with E-state index in [0.717, 1.165) is 114 Å². The Bertz CT molecular complexity index is 1870. The van der Waals surface area contributed by atoms with Gasteiger partial charge in [0.25, 0.3) is 0 Å². The van der Waals surface area contributed by atoms with Crippen molar-refractivity contribution in [3.05, 3.63) is 0 Å². The zero-order chi connectivity index (χ0) is 70.3. The number of phosphoric ester groups is 2. The lowest BCUT2D eigenvalue weighted by molar-refractivity contribution is -0.161. The molecule has 0 radical (unpaired) electrons. The highest BCUT2D eigenvalue weighted by Gasteiger charge is 2.30. The van der Waals surface area contributed by atoms with Gasteiger partial charge in [-0.05, 0) is 49.4 Å². The summed E-state index contributed by atoms with van der Waals surface area (Å²) in [5, 5.41) is 10.6. The van der Waals surface area contributed by atoms with E-state index in [1.807, 2.05) is 0 Å². The minimum atomic E-state index is -4.96. The molecule has 0 saturated carbocycles. The third kappa shape index (κ3) is 67.6. The van der Waals surface area contributed by atoms with Crippen LogP contribution in [0.15, 0.2) is 0 Å². The highest BCUT2D eigenvalue weighted by atomic mass is 31.2. The maximum atomic E-state index is 13.1. The molecule has 0 aliphatic heterocycles. The van der Waals surface area contributed by atoms with Gasteiger partial charge in [-0.15, -0.1) is 0 Å². The number of aliphatic hydroxyl groups is 1. The predicted octanol–water partition coefficient (Wildman–Crippen LogP) is 22.0. The van der Waals surface area contributed by atoms with Crippen molar-refractivity contribution in [2.75, 3.05) is 39.6 Å². The van der Waals surface area contributed by atoms with Crippen LogP contribution in [0.3, 0.4) is 0 Å². The average molecular weight is 1400 g/mol. The van der Waals surface area contributed by atoms with Gasteiger partial charge >= 0.3 is 39.5 Å². The van der Waals surface area contributed by atoms with Crippen LogP contribution in [0.5, 0.6) is 0 Å². The lowest BCUT2D eigenvalue weighted by Gasteiger charge is -2.21. The Kier molecular flexibility index (Phi) is 64.0. The molecule has 564 valence electrons. The molecule has 95 heavy (non-hydrogen) atoms. The van der Waals surface area contributed by atoms with Gasteiger partial charge in [-0.1, -0.05) is 331 Å². The molecule has 0 fully saturated rings. The molecule has 3 N–H and O–H groups in total.